The molecule has 4 nitrogen and oxygen atoms in total. The largest absolute Gasteiger partial charge is 0.416 e. The highest BCUT2D eigenvalue weighted by Crippen LogP contribution is 2.29. The Kier molecular flexibility index (Phi) is 3.94. The van der Waals surface area contributed by atoms with E-state index in [9.17, 15) is 18.0 Å². The first-order chi connectivity index (χ1) is 8.95. The molecule has 0 radical (unpaired) electrons. The Balaban J connectivity index is 1.74. The van der Waals surface area contributed by atoms with Crippen molar-refractivity contribution in [2.24, 2.45) is 0 Å². The van der Waals surface area contributed by atoms with Crippen molar-refractivity contribution in [3.8, 4) is 0 Å². The lowest BCUT2D eigenvalue weighted by Crippen LogP contribution is -2.36. The van der Waals surface area contributed by atoms with Crippen LogP contribution in [0.2, 0.25) is 0 Å². The predicted octanol–water partition coefficient (Wildman–Crippen LogP) is 2.60. The number of carbonyl (C=O) groups is 1. The molecule has 0 unspecified atom stereocenters. The minimum atomic E-state index is -4.35. The quantitative estimate of drug-likeness (QED) is 0.829. The van der Waals surface area contributed by atoms with Crippen LogP contribution < -0.4 is 10.8 Å². The third kappa shape index (κ3) is 4.44. The third-order valence-corrected chi connectivity index (χ3v) is 2.60. The molecule has 1 aromatic rings. The molecule has 0 aliphatic heterocycles. The summed E-state index contributed by atoms with van der Waals surface area (Å²) in [7, 11) is 0. The van der Waals surface area contributed by atoms with Gasteiger partial charge >= 0.3 is 12.2 Å². The Hall–Kier alpha value is -1.76. The molecule has 1 aromatic carbocycles. The van der Waals surface area contributed by atoms with Gasteiger partial charge in [0.25, 0.3) is 0 Å². The zero-order chi connectivity index (χ0) is 13.9. The molecule has 0 atom stereocenters. The molecular formula is C12H13F3N2O2. The summed E-state index contributed by atoms with van der Waals surface area (Å²) < 4.78 is 36.9. The van der Waals surface area contributed by atoms with Crippen molar-refractivity contribution in [3.63, 3.8) is 0 Å². The summed E-state index contributed by atoms with van der Waals surface area (Å²) in [5.74, 6) is 0. The minimum absolute atomic E-state index is 0.0101. The molecule has 1 aliphatic carbocycles. The van der Waals surface area contributed by atoms with Crippen LogP contribution in [-0.2, 0) is 17.6 Å². The molecule has 104 valence electrons. The van der Waals surface area contributed by atoms with E-state index in [1.807, 2.05) is 0 Å². The van der Waals surface area contributed by atoms with Gasteiger partial charge < -0.3 is 5.32 Å². The number of urea groups is 1. The van der Waals surface area contributed by atoms with E-state index in [1.165, 1.54) is 12.1 Å². The van der Waals surface area contributed by atoms with E-state index in [0.29, 0.717) is 5.56 Å². The summed E-state index contributed by atoms with van der Waals surface area (Å²) in [6.45, 7) is 0.0101. The van der Waals surface area contributed by atoms with E-state index in [4.69, 9.17) is 4.84 Å². The van der Waals surface area contributed by atoms with E-state index < -0.39 is 17.8 Å². The van der Waals surface area contributed by atoms with Gasteiger partial charge in [0.05, 0.1) is 12.2 Å². The highest BCUT2D eigenvalue weighted by Gasteiger charge is 2.29. The maximum Gasteiger partial charge on any atom is 0.416 e. The van der Waals surface area contributed by atoms with Crippen LogP contribution in [0.4, 0.5) is 18.0 Å². The number of alkyl halides is 3. The minimum Gasteiger partial charge on any atom is -0.334 e. The second-order valence-corrected chi connectivity index (χ2v) is 4.33. The average molecular weight is 274 g/mol. The molecule has 2 amide bonds. The zero-order valence-corrected chi connectivity index (χ0v) is 9.96. The van der Waals surface area contributed by atoms with Crippen molar-refractivity contribution in [2.45, 2.75) is 31.7 Å². The fourth-order valence-corrected chi connectivity index (χ4v) is 1.42. The SMILES string of the molecule is O=C(NOCc1ccc(C(F)(F)F)cc1)NC1CC1. The number of nitrogens with one attached hydrogen (secondary N) is 2. The van der Waals surface area contributed by atoms with Crippen LogP contribution in [0.15, 0.2) is 24.3 Å². The van der Waals surface area contributed by atoms with Gasteiger partial charge in [-0.2, -0.15) is 13.2 Å². The highest BCUT2D eigenvalue weighted by molar-refractivity contribution is 5.73. The van der Waals surface area contributed by atoms with Gasteiger partial charge in [0, 0.05) is 6.04 Å². The monoisotopic (exact) mass is 274 g/mol. The molecule has 0 spiro atoms. The van der Waals surface area contributed by atoms with Crippen LogP contribution in [-0.4, -0.2) is 12.1 Å². The van der Waals surface area contributed by atoms with Crippen LogP contribution in [0.25, 0.3) is 0 Å². The van der Waals surface area contributed by atoms with E-state index in [1.54, 1.807) is 0 Å². The number of hydrogen-bond acceptors (Lipinski definition) is 2. The second kappa shape index (κ2) is 5.48. The standard InChI is InChI=1S/C12H13F3N2O2/c13-12(14,15)9-3-1-8(2-4-9)7-19-17-11(18)16-10-5-6-10/h1-4,10H,5-7H2,(H2,16,17,18). The van der Waals surface area contributed by atoms with E-state index in [-0.39, 0.29) is 12.6 Å². The van der Waals surface area contributed by atoms with E-state index >= 15 is 0 Å². The first kappa shape index (κ1) is 13.7. The first-order valence-corrected chi connectivity index (χ1v) is 5.79. The van der Waals surface area contributed by atoms with Crippen LogP contribution in [0.5, 0.6) is 0 Å². The van der Waals surface area contributed by atoms with Crippen LogP contribution in [0.1, 0.15) is 24.0 Å². The van der Waals surface area contributed by atoms with Crippen molar-refractivity contribution in [3.05, 3.63) is 35.4 Å². The number of hydroxylamine groups is 1. The third-order valence-electron chi connectivity index (χ3n) is 2.60. The maximum atomic E-state index is 12.3. The molecule has 0 aromatic heterocycles. The first-order valence-electron chi connectivity index (χ1n) is 5.79. The molecule has 1 fully saturated rings. The number of benzene rings is 1. The van der Waals surface area contributed by atoms with E-state index in [0.717, 1.165) is 25.0 Å². The number of hydrogen-bond donors (Lipinski definition) is 2. The van der Waals surface area contributed by atoms with Crippen molar-refractivity contribution in [2.75, 3.05) is 0 Å². The lowest BCUT2D eigenvalue weighted by molar-refractivity contribution is -0.137. The molecule has 7 heteroatoms. The Morgan fingerprint density at radius 1 is 1.26 bits per heavy atom. The van der Waals surface area contributed by atoms with Gasteiger partial charge in [-0.15, -0.1) is 0 Å². The van der Waals surface area contributed by atoms with Gasteiger partial charge in [-0.25, -0.2) is 10.3 Å². The fourth-order valence-electron chi connectivity index (χ4n) is 1.42. The van der Waals surface area contributed by atoms with Gasteiger partial charge in [0.1, 0.15) is 0 Å². The Bertz CT molecular complexity index is 441. The number of carbonyl (C=O) groups excluding carboxylic acids is 1. The lowest BCUT2D eigenvalue weighted by atomic mass is 10.1. The average Bonchev–Trinajstić information content (AvgIpc) is 3.12. The Morgan fingerprint density at radius 3 is 2.42 bits per heavy atom. The van der Waals surface area contributed by atoms with Crippen molar-refractivity contribution in [1.82, 2.24) is 10.8 Å². The Labute approximate surface area is 107 Å². The van der Waals surface area contributed by atoms with E-state index in [2.05, 4.69) is 10.8 Å². The maximum absolute atomic E-state index is 12.3. The van der Waals surface area contributed by atoms with Gasteiger partial charge in [-0.3, -0.25) is 4.84 Å². The molecule has 1 aliphatic rings. The van der Waals surface area contributed by atoms with Crippen LogP contribution in [0.3, 0.4) is 0 Å². The molecular weight excluding hydrogens is 261 g/mol. The van der Waals surface area contributed by atoms with Crippen LogP contribution >= 0.6 is 0 Å². The van der Waals surface area contributed by atoms with Gasteiger partial charge in [0.15, 0.2) is 0 Å². The topological polar surface area (TPSA) is 50.4 Å². The van der Waals surface area contributed by atoms with Gasteiger partial charge in [-0.05, 0) is 30.5 Å². The van der Waals surface area contributed by atoms with Gasteiger partial charge in [0.2, 0.25) is 0 Å². The van der Waals surface area contributed by atoms with Gasteiger partial charge in [-0.1, -0.05) is 12.1 Å². The molecule has 19 heavy (non-hydrogen) atoms. The summed E-state index contributed by atoms with van der Waals surface area (Å²) in [6, 6.07) is 4.35. The summed E-state index contributed by atoms with van der Waals surface area (Å²) in [6.07, 6.45) is -2.42. The summed E-state index contributed by atoms with van der Waals surface area (Å²) in [5, 5.41) is 2.65. The van der Waals surface area contributed by atoms with Crippen molar-refractivity contribution in [1.29, 1.82) is 0 Å². The zero-order valence-electron chi connectivity index (χ0n) is 9.96. The summed E-state index contributed by atoms with van der Waals surface area (Å²) in [5.41, 5.74) is 2.00. The van der Waals surface area contributed by atoms with Crippen molar-refractivity contribution >= 4 is 6.03 Å². The van der Waals surface area contributed by atoms with Crippen molar-refractivity contribution < 1.29 is 22.8 Å². The number of amides is 2. The number of halogens is 3. The molecule has 0 bridgehead atoms. The normalized spacial score (nSPS) is 15.1. The predicted molar refractivity (Wildman–Crippen MR) is 60.9 cm³/mol. The highest BCUT2D eigenvalue weighted by atomic mass is 19.4. The molecule has 2 N–H and O–H groups in total. The smallest absolute Gasteiger partial charge is 0.334 e. The molecule has 0 saturated heterocycles. The lowest BCUT2D eigenvalue weighted by Gasteiger charge is -2.09. The molecule has 0 heterocycles. The summed E-state index contributed by atoms with van der Waals surface area (Å²) in [4.78, 5) is 16.1. The second-order valence-electron chi connectivity index (χ2n) is 4.33. The number of rotatable bonds is 4. The van der Waals surface area contributed by atoms with Crippen LogP contribution in [0, 0.1) is 0 Å². The molecule has 1 saturated carbocycles. The Morgan fingerprint density at radius 2 is 1.89 bits per heavy atom. The fraction of sp³-hybridized carbons (Fsp3) is 0.417. The molecule has 2 rings (SSSR count). The summed E-state index contributed by atoms with van der Waals surface area (Å²) >= 11 is 0.